The lowest BCUT2D eigenvalue weighted by Crippen LogP contribution is -2.12. The summed E-state index contributed by atoms with van der Waals surface area (Å²) in [5.41, 5.74) is 0.803. The molecule has 2 rings (SSSR count). The zero-order chi connectivity index (χ0) is 11.1. The number of nitrogens with zero attached hydrogens (tertiary/aromatic N) is 1. The van der Waals surface area contributed by atoms with Crippen molar-refractivity contribution in [1.29, 1.82) is 0 Å². The molecule has 0 radical (unpaired) electrons. The average molecular weight is 239 g/mol. The third-order valence-electron chi connectivity index (χ3n) is 2.24. The molecule has 1 aromatic heterocycles. The van der Waals surface area contributed by atoms with Crippen LogP contribution >= 0.6 is 0 Å². The Balaban J connectivity index is 0.00000128. The van der Waals surface area contributed by atoms with E-state index in [4.69, 9.17) is 5.14 Å². The quantitative estimate of drug-likeness (QED) is 0.782. The molecule has 0 atom stereocenters. The van der Waals surface area contributed by atoms with Gasteiger partial charge in [-0.1, -0.05) is 12.1 Å². The van der Waals surface area contributed by atoms with Gasteiger partial charge in [0, 0.05) is 23.2 Å². The molecule has 0 aliphatic heterocycles. The van der Waals surface area contributed by atoms with Crippen molar-refractivity contribution in [2.24, 2.45) is 5.14 Å². The molecule has 0 unspecified atom stereocenters. The Morgan fingerprint density at radius 3 is 2.56 bits per heavy atom. The molecule has 0 fully saturated rings. The molecular formula is C10H13N3O2S. The molecule has 6 heteroatoms. The molecule has 5 nitrogen and oxygen atoms in total. The highest BCUT2D eigenvalue weighted by atomic mass is 32.2. The van der Waals surface area contributed by atoms with Crippen LogP contribution in [0, 0.1) is 6.92 Å². The number of primary sulfonamides is 1. The number of hydrogen-bond donors (Lipinski definition) is 2. The van der Waals surface area contributed by atoms with Gasteiger partial charge in [-0.05, 0) is 18.6 Å². The molecule has 0 aliphatic rings. The number of pyridine rings is 1. The SMILES string of the molecule is Cc1cncc2cccc(S(N)(=O)=O)c12.N. The standard InChI is InChI=1S/C10H10N2O2S.H3N/c1-7-5-12-6-8-3-2-4-9(10(7)8)15(11,13)14;/h2-6H,1H3,(H2,11,13,14);1H3. The number of benzene rings is 1. The summed E-state index contributed by atoms with van der Waals surface area (Å²) in [7, 11) is -3.68. The molecule has 1 aromatic carbocycles. The summed E-state index contributed by atoms with van der Waals surface area (Å²) in [6.07, 6.45) is 3.24. The number of hydrogen-bond acceptors (Lipinski definition) is 4. The van der Waals surface area contributed by atoms with E-state index in [0.717, 1.165) is 10.9 Å². The van der Waals surface area contributed by atoms with Crippen LogP contribution in [0.25, 0.3) is 10.8 Å². The second kappa shape index (κ2) is 4.17. The molecular weight excluding hydrogens is 226 g/mol. The largest absolute Gasteiger partial charge is 0.344 e. The number of rotatable bonds is 1. The lowest BCUT2D eigenvalue weighted by molar-refractivity contribution is 0.598. The Hall–Kier alpha value is -1.50. The Kier molecular flexibility index (Phi) is 3.27. The summed E-state index contributed by atoms with van der Waals surface area (Å²) in [5, 5.41) is 6.57. The van der Waals surface area contributed by atoms with Crippen LogP contribution in [0.4, 0.5) is 0 Å². The fourth-order valence-corrected chi connectivity index (χ4v) is 2.44. The van der Waals surface area contributed by atoms with Crippen LogP contribution in [-0.2, 0) is 10.0 Å². The van der Waals surface area contributed by atoms with Crippen LogP contribution in [0.15, 0.2) is 35.5 Å². The van der Waals surface area contributed by atoms with Crippen molar-refractivity contribution in [3.63, 3.8) is 0 Å². The van der Waals surface area contributed by atoms with Crippen molar-refractivity contribution in [3.8, 4) is 0 Å². The predicted octanol–water partition coefficient (Wildman–Crippen LogP) is 1.35. The maximum Gasteiger partial charge on any atom is 0.238 e. The highest BCUT2D eigenvalue weighted by molar-refractivity contribution is 7.89. The molecule has 0 spiro atoms. The van der Waals surface area contributed by atoms with Gasteiger partial charge in [-0.2, -0.15) is 0 Å². The van der Waals surface area contributed by atoms with Gasteiger partial charge in [-0.25, -0.2) is 13.6 Å². The van der Waals surface area contributed by atoms with E-state index >= 15 is 0 Å². The third kappa shape index (κ3) is 2.04. The first-order chi connectivity index (χ1) is 7.00. The van der Waals surface area contributed by atoms with E-state index in [2.05, 4.69) is 4.98 Å². The summed E-state index contributed by atoms with van der Waals surface area (Å²) in [6, 6.07) is 4.97. The minimum atomic E-state index is -3.68. The van der Waals surface area contributed by atoms with Gasteiger partial charge in [-0.3, -0.25) is 4.98 Å². The van der Waals surface area contributed by atoms with Gasteiger partial charge in [0.1, 0.15) is 0 Å². The van der Waals surface area contributed by atoms with Crippen molar-refractivity contribution < 1.29 is 8.42 Å². The first-order valence-electron chi connectivity index (χ1n) is 4.36. The van der Waals surface area contributed by atoms with Gasteiger partial charge in [0.25, 0.3) is 0 Å². The maximum atomic E-state index is 11.4. The first-order valence-corrected chi connectivity index (χ1v) is 5.91. The summed E-state index contributed by atoms with van der Waals surface area (Å²) in [6.45, 7) is 1.81. The van der Waals surface area contributed by atoms with Crippen LogP contribution in [0.5, 0.6) is 0 Å². The Morgan fingerprint density at radius 1 is 1.25 bits per heavy atom. The number of nitrogens with two attached hydrogens (primary N) is 1. The lowest BCUT2D eigenvalue weighted by Gasteiger charge is -2.06. The van der Waals surface area contributed by atoms with Crippen molar-refractivity contribution in [2.75, 3.05) is 0 Å². The van der Waals surface area contributed by atoms with Crippen LogP contribution in [0.2, 0.25) is 0 Å². The van der Waals surface area contributed by atoms with Gasteiger partial charge in [0.15, 0.2) is 0 Å². The second-order valence-corrected chi connectivity index (χ2v) is 4.89. The van der Waals surface area contributed by atoms with E-state index in [-0.39, 0.29) is 11.0 Å². The molecule has 0 amide bonds. The molecule has 86 valence electrons. The van der Waals surface area contributed by atoms with Crippen LogP contribution in [0.1, 0.15) is 5.56 Å². The zero-order valence-electron chi connectivity index (χ0n) is 8.84. The van der Waals surface area contributed by atoms with Gasteiger partial charge in [-0.15, -0.1) is 0 Å². The van der Waals surface area contributed by atoms with E-state index < -0.39 is 10.0 Å². The molecule has 5 N–H and O–H groups in total. The Labute approximate surface area is 93.9 Å². The molecule has 0 aliphatic carbocycles. The first kappa shape index (κ1) is 12.6. The number of fused-ring (bicyclic) bond motifs is 1. The van der Waals surface area contributed by atoms with Crippen LogP contribution in [-0.4, -0.2) is 13.4 Å². The highest BCUT2D eigenvalue weighted by Gasteiger charge is 2.13. The molecule has 0 bridgehead atoms. The van der Waals surface area contributed by atoms with Gasteiger partial charge < -0.3 is 6.15 Å². The predicted molar refractivity (Wildman–Crippen MR) is 62.9 cm³/mol. The lowest BCUT2D eigenvalue weighted by atomic mass is 10.1. The van der Waals surface area contributed by atoms with Crippen LogP contribution in [0.3, 0.4) is 0 Å². The normalized spacial score (nSPS) is 11.1. The second-order valence-electron chi connectivity index (χ2n) is 3.36. The van der Waals surface area contributed by atoms with Gasteiger partial charge in [0.05, 0.1) is 4.90 Å². The van der Waals surface area contributed by atoms with Crippen molar-refractivity contribution in [2.45, 2.75) is 11.8 Å². The summed E-state index contributed by atoms with van der Waals surface area (Å²) in [4.78, 5) is 4.15. The third-order valence-corrected chi connectivity index (χ3v) is 3.19. The van der Waals surface area contributed by atoms with E-state index in [9.17, 15) is 8.42 Å². The molecule has 0 saturated heterocycles. The molecule has 0 saturated carbocycles. The molecule has 16 heavy (non-hydrogen) atoms. The van der Waals surface area contributed by atoms with Gasteiger partial charge >= 0.3 is 0 Å². The minimum absolute atomic E-state index is 0. The zero-order valence-corrected chi connectivity index (χ0v) is 9.66. The Bertz CT molecular complexity index is 618. The van der Waals surface area contributed by atoms with E-state index in [1.807, 2.05) is 13.0 Å². The van der Waals surface area contributed by atoms with Crippen molar-refractivity contribution in [3.05, 3.63) is 36.2 Å². The number of aryl methyl sites for hydroxylation is 1. The Morgan fingerprint density at radius 2 is 1.94 bits per heavy atom. The monoisotopic (exact) mass is 239 g/mol. The van der Waals surface area contributed by atoms with Crippen molar-refractivity contribution in [1.82, 2.24) is 11.1 Å². The smallest absolute Gasteiger partial charge is 0.238 e. The summed E-state index contributed by atoms with van der Waals surface area (Å²) < 4.78 is 22.7. The van der Waals surface area contributed by atoms with Gasteiger partial charge in [0.2, 0.25) is 10.0 Å². The fraction of sp³-hybridized carbons (Fsp3) is 0.100. The average Bonchev–Trinajstić information content (AvgIpc) is 2.16. The topological polar surface area (TPSA) is 108 Å². The van der Waals surface area contributed by atoms with Crippen LogP contribution < -0.4 is 11.3 Å². The summed E-state index contributed by atoms with van der Waals surface area (Å²) >= 11 is 0. The highest BCUT2D eigenvalue weighted by Crippen LogP contribution is 2.24. The van der Waals surface area contributed by atoms with Crippen molar-refractivity contribution >= 4 is 20.8 Å². The molecule has 2 aromatic rings. The van der Waals surface area contributed by atoms with E-state index in [1.165, 1.54) is 6.07 Å². The summed E-state index contributed by atoms with van der Waals surface area (Å²) in [5.74, 6) is 0. The fourth-order valence-electron chi connectivity index (χ4n) is 1.61. The van der Waals surface area contributed by atoms with E-state index in [0.29, 0.717) is 5.39 Å². The minimum Gasteiger partial charge on any atom is -0.344 e. The van der Waals surface area contributed by atoms with E-state index in [1.54, 1.807) is 18.5 Å². The number of sulfonamides is 1. The molecule has 1 heterocycles. The maximum absolute atomic E-state index is 11.4. The number of aromatic nitrogens is 1.